The van der Waals surface area contributed by atoms with Gasteiger partial charge < -0.3 is 19.5 Å². The van der Waals surface area contributed by atoms with Crippen molar-refractivity contribution in [3.05, 3.63) is 53.1 Å². The minimum absolute atomic E-state index is 0.204. The van der Waals surface area contributed by atoms with Gasteiger partial charge in [-0.05, 0) is 12.1 Å². The third kappa shape index (κ3) is 4.63. The predicted molar refractivity (Wildman–Crippen MR) is 89.9 cm³/mol. The molecule has 0 radical (unpaired) electrons. The van der Waals surface area contributed by atoms with E-state index in [1.807, 2.05) is 0 Å². The number of hydrogen-bond donors (Lipinski definition) is 1. The highest BCUT2D eigenvalue weighted by molar-refractivity contribution is 6.33. The van der Waals surface area contributed by atoms with Gasteiger partial charge in [0.1, 0.15) is 11.5 Å². The van der Waals surface area contributed by atoms with Crippen LogP contribution in [-0.2, 0) is 9.53 Å². The first-order chi connectivity index (χ1) is 11.5. The molecule has 0 aliphatic rings. The van der Waals surface area contributed by atoms with E-state index in [4.69, 9.17) is 25.8 Å². The molecule has 0 aliphatic heterocycles. The molecule has 0 fully saturated rings. The molecular weight excluding hydrogens is 334 g/mol. The lowest BCUT2D eigenvalue weighted by molar-refractivity contribution is -0.119. The van der Waals surface area contributed by atoms with Crippen molar-refractivity contribution in [3.8, 4) is 11.5 Å². The van der Waals surface area contributed by atoms with Gasteiger partial charge >= 0.3 is 5.97 Å². The molecule has 0 unspecified atom stereocenters. The second-order valence-electron chi connectivity index (χ2n) is 4.71. The highest BCUT2D eigenvalue weighted by Crippen LogP contribution is 2.25. The minimum atomic E-state index is -0.668. The molecule has 6 nitrogen and oxygen atoms in total. The van der Waals surface area contributed by atoms with Crippen LogP contribution in [0.5, 0.6) is 11.5 Å². The largest absolute Gasteiger partial charge is 0.497 e. The summed E-state index contributed by atoms with van der Waals surface area (Å²) >= 11 is 5.90. The van der Waals surface area contributed by atoms with Crippen LogP contribution in [0, 0.1) is 0 Å². The van der Waals surface area contributed by atoms with Crippen molar-refractivity contribution in [2.45, 2.75) is 0 Å². The molecule has 2 aromatic rings. The first-order valence-corrected chi connectivity index (χ1v) is 7.36. The molecule has 0 saturated carbocycles. The van der Waals surface area contributed by atoms with Crippen LogP contribution >= 0.6 is 11.6 Å². The lowest BCUT2D eigenvalue weighted by Crippen LogP contribution is -2.21. The number of anilines is 1. The molecule has 0 bridgehead atoms. The van der Waals surface area contributed by atoms with Gasteiger partial charge in [0, 0.05) is 23.9 Å². The molecule has 0 saturated heterocycles. The van der Waals surface area contributed by atoms with Gasteiger partial charge in [0.15, 0.2) is 6.61 Å². The highest BCUT2D eigenvalue weighted by Gasteiger charge is 2.13. The van der Waals surface area contributed by atoms with Crippen LogP contribution in [-0.4, -0.2) is 32.7 Å². The fourth-order valence-electron chi connectivity index (χ4n) is 1.91. The van der Waals surface area contributed by atoms with E-state index in [1.54, 1.807) is 36.4 Å². The zero-order chi connectivity index (χ0) is 17.5. The first kappa shape index (κ1) is 17.6. The van der Waals surface area contributed by atoms with Gasteiger partial charge in [0.25, 0.3) is 5.91 Å². The maximum Gasteiger partial charge on any atom is 0.340 e. The molecule has 1 N–H and O–H groups in total. The molecule has 2 aromatic carbocycles. The van der Waals surface area contributed by atoms with Crippen molar-refractivity contribution >= 4 is 29.2 Å². The molecular formula is C17H16ClNO5. The topological polar surface area (TPSA) is 73.9 Å². The molecule has 1 amide bonds. The fourth-order valence-corrected chi connectivity index (χ4v) is 2.13. The Morgan fingerprint density at radius 3 is 2.25 bits per heavy atom. The van der Waals surface area contributed by atoms with E-state index >= 15 is 0 Å². The van der Waals surface area contributed by atoms with Crippen LogP contribution in [0.25, 0.3) is 0 Å². The molecule has 0 aromatic heterocycles. The van der Waals surface area contributed by atoms with E-state index in [0.29, 0.717) is 17.2 Å². The summed E-state index contributed by atoms with van der Waals surface area (Å²) in [6, 6.07) is 11.4. The van der Waals surface area contributed by atoms with Gasteiger partial charge in [0.05, 0.1) is 24.8 Å². The Kier molecular flexibility index (Phi) is 6.03. The number of amides is 1. The van der Waals surface area contributed by atoms with Gasteiger partial charge in [-0.25, -0.2) is 4.79 Å². The van der Waals surface area contributed by atoms with Crippen molar-refractivity contribution in [1.29, 1.82) is 0 Å². The van der Waals surface area contributed by atoms with Gasteiger partial charge in [-0.1, -0.05) is 23.7 Å². The number of halogens is 1. The SMILES string of the molecule is COc1cc(NC(=O)COC(=O)c2ccccc2Cl)cc(OC)c1. The highest BCUT2D eigenvalue weighted by atomic mass is 35.5. The van der Waals surface area contributed by atoms with Crippen LogP contribution in [0.2, 0.25) is 5.02 Å². The Morgan fingerprint density at radius 1 is 1.04 bits per heavy atom. The Labute approximate surface area is 144 Å². The molecule has 126 valence electrons. The molecule has 7 heteroatoms. The van der Waals surface area contributed by atoms with Crippen molar-refractivity contribution in [3.63, 3.8) is 0 Å². The summed E-state index contributed by atoms with van der Waals surface area (Å²) in [7, 11) is 3.01. The number of methoxy groups -OCH3 is 2. The number of carbonyl (C=O) groups excluding carboxylic acids is 2. The quantitative estimate of drug-likeness (QED) is 0.811. The van der Waals surface area contributed by atoms with Crippen LogP contribution in [0.1, 0.15) is 10.4 Å². The monoisotopic (exact) mass is 349 g/mol. The minimum Gasteiger partial charge on any atom is -0.497 e. The van der Waals surface area contributed by atoms with Crippen LogP contribution in [0.4, 0.5) is 5.69 Å². The maximum absolute atomic E-state index is 11.9. The fraction of sp³-hybridized carbons (Fsp3) is 0.176. The average molecular weight is 350 g/mol. The normalized spacial score (nSPS) is 9.96. The molecule has 0 atom stereocenters. The summed E-state index contributed by atoms with van der Waals surface area (Å²) in [6.45, 7) is -0.441. The summed E-state index contributed by atoms with van der Waals surface area (Å²) in [4.78, 5) is 23.8. The second-order valence-corrected chi connectivity index (χ2v) is 5.11. The van der Waals surface area contributed by atoms with Crippen molar-refractivity contribution in [2.75, 3.05) is 26.1 Å². The Morgan fingerprint density at radius 2 is 1.67 bits per heavy atom. The Bertz CT molecular complexity index is 725. The lowest BCUT2D eigenvalue weighted by atomic mass is 10.2. The number of rotatable bonds is 6. The van der Waals surface area contributed by atoms with E-state index in [9.17, 15) is 9.59 Å². The standard InChI is InChI=1S/C17H16ClNO5/c1-22-12-7-11(8-13(9-12)23-2)19-16(20)10-24-17(21)14-5-3-4-6-15(14)18/h3-9H,10H2,1-2H3,(H,19,20). The number of benzene rings is 2. The van der Waals surface area contributed by atoms with E-state index in [0.717, 1.165) is 0 Å². The molecule has 0 heterocycles. The number of hydrogen-bond acceptors (Lipinski definition) is 5. The van der Waals surface area contributed by atoms with Crippen molar-refractivity contribution in [2.24, 2.45) is 0 Å². The van der Waals surface area contributed by atoms with Gasteiger partial charge in [-0.3, -0.25) is 4.79 Å². The summed E-state index contributed by atoms with van der Waals surface area (Å²) in [5, 5.41) is 2.87. The van der Waals surface area contributed by atoms with E-state index in [-0.39, 0.29) is 10.6 Å². The van der Waals surface area contributed by atoms with E-state index < -0.39 is 18.5 Å². The number of ether oxygens (including phenoxy) is 3. The van der Waals surface area contributed by atoms with Gasteiger partial charge in [-0.2, -0.15) is 0 Å². The van der Waals surface area contributed by atoms with Crippen LogP contribution in [0.15, 0.2) is 42.5 Å². The maximum atomic E-state index is 11.9. The Hall–Kier alpha value is -2.73. The number of esters is 1. The van der Waals surface area contributed by atoms with Crippen molar-refractivity contribution < 1.29 is 23.8 Å². The zero-order valence-corrected chi connectivity index (χ0v) is 13.9. The lowest BCUT2D eigenvalue weighted by Gasteiger charge is -2.10. The summed E-state index contributed by atoms with van der Waals surface area (Å²) in [5.74, 6) is -0.111. The third-order valence-electron chi connectivity index (χ3n) is 3.06. The van der Waals surface area contributed by atoms with Gasteiger partial charge in [0.2, 0.25) is 0 Å². The zero-order valence-electron chi connectivity index (χ0n) is 13.2. The molecule has 0 aliphatic carbocycles. The second kappa shape index (κ2) is 8.21. The van der Waals surface area contributed by atoms with Crippen molar-refractivity contribution in [1.82, 2.24) is 0 Å². The van der Waals surface area contributed by atoms with Crippen LogP contribution < -0.4 is 14.8 Å². The molecule has 0 spiro atoms. The third-order valence-corrected chi connectivity index (χ3v) is 3.39. The molecule has 24 heavy (non-hydrogen) atoms. The molecule has 2 rings (SSSR count). The first-order valence-electron chi connectivity index (χ1n) is 6.98. The van der Waals surface area contributed by atoms with E-state index in [2.05, 4.69) is 5.32 Å². The summed E-state index contributed by atoms with van der Waals surface area (Å²) < 4.78 is 15.2. The summed E-state index contributed by atoms with van der Waals surface area (Å²) in [6.07, 6.45) is 0. The summed E-state index contributed by atoms with van der Waals surface area (Å²) in [5.41, 5.74) is 0.667. The predicted octanol–water partition coefficient (Wildman–Crippen LogP) is 3.15. The smallest absolute Gasteiger partial charge is 0.340 e. The average Bonchev–Trinajstić information content (AvgIpc) is 2.59. The number of nitrogens with one attached hydrogen (secondary N) is 1. The van der Waals surface area contributed by atoms with Crippen LogP contribution in [0.3, 0.4) is 0 Å². The van der Waals surface area contributed by atoms with Gasteiger partial charge in [-0.15, -0.1) is 0 Å². The Balaban J connectivity index is 1.96. The number of carbonyl (C=O) groups is 2. The van der Waals surface area contributed by atoms with E-state index in [1.165, 1.54) is 20.3 Å².